The molecule has 0 amide bonds. The lowest BCUT2D eigenvalue weighted by Gasteiger charge is -2.29. The largest absolute Gasteiger partial charge is 0.373 e. The maximum atomic E-state index is 4.67. The van der Waals surface area contributed by atoms with Crippen LogP contribution in [0.5, 0.6) is 0 Å². The second-order valence-electron chi connectivity index (χ2n) is 6.30. The lowest BCUT2D eigenvalue weighted by Crippen LogP contribution is -2.31. The summed E-state index contributed by atoms with van der Waals surface area (Å²) in [5.41, 5.74) is 2.79. The van der Waals surface area contributed by atoms with Gasteiger partial charge in [-0.15, -0.1) is 0 Å². The molecule has 4 heterocycles. The highest BCUT2D eigenvalue weighted by Crippen LogP contribution is 2.27. The van der Waals surface area contributed by atoms with Crippen LogP contribution in [-0.4, -0.2) is 56.8 Å². The van der Waals surface area contributed by atoms with Gasteiger partial charge < -0.3 is 10.2 Å². The van der Waals surface area contributed by atoms with Crippen LogP contribution in [0.1, 0.15) is 18.9 Å². The first kappa shape index (κ1) is 15.0. The van der Waals surface area contributed by atoms with Gasteiger partial charge in [-0.25, -0.2) is 19.6 Å². The molecule has 7 nitrogen and oxygen atoms in total. The van der Waals surface area contributed by atoms with E-state index in [0.717, 1.165) is 54.0 Å². The lowest BCUT2D eigenvalue weighted by molar-refractivity contribution is 0.215. The average Bonchev–Trinajstić information content (AvgIpc) is 3.05. The number of nitrogens with one attached hydrogen (secondary N) is 1. The Hall–Kier alpha value is -2.54. The van der Waals surface area contributed by atoms with Crippen LogP contribution in [0.4, 0.5) is 5.82 Å². The number of hydrogen-bond acceptors (Lipinski definition) is 6. The van der Waals surface area contributed by atoms with E-state index in [4.69, 9.17) is 0 Å². The molecule has 0 unspecified atom stereocenters. The van der Waals surface area contributed by atoms with Gasteiger partial charge in [-0.1, -0.05) is 0 Å². The van der Waals surface area contributed by atoms with E-state index in [1.165, 1.54) is 0 Å². The summed E-state index contributed by atoms with van der Waals surface area (Å²) in [6, 6.07) is 4.46. The Balaban J connectivity index is 1.67. The zero-order valence-electron chi connectivity index (χ0n) is 14.0. The van der Waals surface area contributed by atoms with Crippen molar-refractivity contribution in [3.63, 3.8) is 0 Å². The van der Waals surface area contributed by atoms with E-state index in [2.05, 4.69) is 48.1 Å². The predicted molar refractivity (Wildman–Crippen MR) is 93.9 cm³/mol. The molecule has 7 heteroatoms. The number of pyridine rings is 1. The van der Waals surface area contributed by atoms with Crippen molar-refractivity contribution in [1.29, 1.82) is 0 Å². The van der Waals surface area contributed by atoms with Crippen molar-refractivity contribution in [2.75, 3.05) is 32.5 Å². The number of nitrogens with zero attached hydrogens (tertiary/aromatic N) is 6. The van der Waals surface area contributed by atoms with Crippen LogP contribution in [-0.2, 0) is 0 Å². The third kappa shape index (κ3) is 2.71. The van der Waals surface area contributed by atoms with E-state index in [9.17, 15) is 0 Å². The Bertz CT molecular complexity index is 849. The molecule has 0 aromatic carbocycles. The molecule has 1 N–H and O–H groups in total. The van der Waals surface area contributed by atoms with Crippen molar-refractivity contribution >= 4 is 16.9 Å². The minimum absolute atomic E-state index is 0.437. The first-order valence-corrected chi connectivity index (χ1v) is 8.26. The van der Waals surface area contributed by atoms with E-state index in [-0.39, 0.29) is 0 Å². The van der Waals surface area contributed by atoms with Gasteiger partial charge in [0.1, 0.15) is 12.1 Å². The van der Waals surface area contributed by atoms with Gasteiger partial charge in [-0.2, -0.15) is 5.10 Å². The number of aromatic nitrogens is 5. The summed E-state index contributed by atoms with van der Waals surface area (Å²) in [5, 5.41) is 8.69. The molecule has 3 aromatic rings. The van der Waals surface area contributed by atoms with Crippen molar-refractivity contribution in [1.82, 2.24) is 29.6 Å². The van der Waals surface area contributed by atoms with Gasteiger partial charge in [0.05, 0.1) is 17.9 Å². The lowest BCUT2D eigenvalue weighted by atomic mass is 10.1. The van der Waals surface area contributed by atoms with Crippen molar-refractivity contribution in [2.45, 2.75) is 18.9 Å². The number of likely N-dealkylation sites (tertiary alicyclic amines) is 1. The SMILES string of the molecule is CNc1cc(-c2cnc3c(cnn3C3CCN(C)CC3)c2)ncn1. The molecule has 124 valence electrons. The van der Waals surface area contributed by atoms with Crippen LogP contribution in [0.2, 0.25) is 0 Å². The number of fused-ring (bicyclic) bond motifs is 1. The molecule has 0 bridgehead atoms. The highest BCUT2D eigenvalue weighted by molar-refractivity contribution is 5.80. The van der Waals surface area contributed by atoms with E-state index >= 15 is 0 Å². The normalized spacial score (nSPS) is 16.6. The van der Waals surface area contributed by atoms with Crippen molar-refractivity contribution in [3.8, 4) is 11.3 Å². The monoisotopic (exact) mass is 323 g/mol. The van der Waals surface area contributed by atoms with Crippen LogP contribution in [0.3, 0.4) is 0 Å². The Morgan fingerprint density at radius 1 is 1.08 bits per heavy atom. The fourth-order valence-corrected chi connectivity index (χ4v) is 3.24. The Morgan fingerprint density at radius 2 is 1.92 bits per heavy atom. The standard InChI is InChI=1S/C17H21N7/c1-18-16-8-15(20-11-21-16)12-7-13-10-22-24(17(13)19-9-12)14-3-5-23(2)6-4-14/h7-11,14H,3-6H2,1-2H3,(H,18,20,21). The van der Waals surface area contributed by atoms with E-state index in [1.807, 2.05) is 25.5 Å². The minimum Gasteiger partial charge on any atom is -0.373 e. The molecule has 0 saturated carbocycles. The van der Waals surface area contributed by atoms with Crippen molar-refractivity contribution in [3.05, 3.63) is 30.9 Å². The summed E-state index contributed by atoms with van der Waals surface area (Å²) in [5.74, 6) is 0.794. The van der Waals surface area contributed by atoms with E-state index < -0.39 is 0 Å². The average molecular weight is 323 g/mol. The highest BCUT2D eigenvalue weighted by Gasteiger charge is 2.21. The van der Waals surface area contributed by atoms with Crippen LogP contribution >= 0.6 is 0 Å². The third-order valence-electron chi connectivity index (χ3n) is 4.69. The van der Waals surface area contributed by atoms with Gasteiger partial charge in [0, 0.05) is 30.3 Å². The number of piperidine rings is 1. The molecule has 0 aliphatic carbocycles. The van der Waals surface area contributed by atoms with Gasteiger partial charge >= 0.3 is 0 Å². The smallest absolute Gasteiger partial charge is 0.158 e. The summed E-state index contributed by atoms with van der Waals surface area (Å²) in [4.78, 5) is 15.5. The molecular weight excluding hydrogens is 302 g/mol. The topological polar surface area (TPSA) is 71.8 Å². The van der Waals surface area contributed by atoms with Crippen molar-refractivity contribution < 1.29 is 0 Å². The number of anilines is 1. The van der Waals surface area contributed by atoms with Gasteiger partial charge in [-0.3, -0.25) is 0 Å². The van der Waals surface area contributed by atoms with Crippen LogP contribution in [0, 0.1) is 0 Å². The van der Waals surface area contributed by atoms with Crippen molar-refractivity contribution in [2.24, 2.45) is 0 Å². The summed E-state index contributed by atoms with van der Waals surface area (Å²) >= 11 is 0. The van der Waals surface area contributed by atoms with Gasteiger partial charge in [0.25, 0.3) is 0 Å². The maximum absolute atomic E-state index is 4.67. The van der Waals surface area contributed by atoms with Gasteiger partial charge in [0.15, 0.2) is 5.65 Å². The molecular formula is C17H21N7. The van der Waals surface area contributed by atoms with E-state index in [0.29, 0.717) is 6.04 Å². The maximum Gasteiger partial charge on any atom is 0.158 e. The second-order valence-corrected chi connectivity index (χ2v) is 6.30. The number of rotatable bonds is 3. The second kappa shape index (κ2) is 6.16. The van der Waals surface area contributed by atoms with Crippen LogP contribution in [0.25, 0.3) is 22.3 Å². The first-order chi connectivity index (χ1) is 11.7. The zero-order chi connectivity index (χ0) is 16.5. The Kier molecular flexibility index (Phi) is 3.86. The number of hydrogen-bond donors (Lipinski definition) is 1. The summed E-state index contributed by atoms with van der Waals surface area (Å²) in [6.07, 6.45) is 7.58. The summed E-state index contributed by atoms with van der Waals surface area (Å²) in [7, 11) is 4.02. The molecule has 1 fully saturated rings. The first-order valence-electron chi connectivity index (χ1n) is 8.26. The van der Waals surface area contributed by atoms with E-state index in [1.54, 1.807) is 6.33 Å². The molecule has 0 spiro atoms. The Morgan fingerprint density at radius 3 is 2.71 bits per heavy atom. The predicted octanol–water partition coefficient (Wildman–Crippen LogP) is 2.20. The molecule has 1 saturated heterocycles. The van der Waals surface area contributed by atoms with Crippen LogP contribution < -0.4 is 5.32 Å². The fraction of sp³-hybridized carbons (Fsp3) is 0.412. The fourth-order valence-electron chi connectivity index (χ4n) is 3.24. The zero-order valence-corrected chi connectivity index (χ0v) is 14.0. The molecule has 3 aromatic heterocycles. The molecule has 1 aliphatic heterocycles. The molecule has 0 radical (unpaired) electrons. The molecule has 4 rings (SSSR count). The molecule has 24 heavy (non-hydrogen) atoms. The van der Waals surface area contributed by atoms with Crippen LogP contribution in [0.15, 0.2) is 30.9 Å². The Labute approximate surface area is 140 Å². The summed E-state index contributed by atoms with van der Waals surface area (Å²) < 4.78 is 2.09. The van der Waals surface area contributed by atoms with Gasteiger partial charge in [-0.05, 0) is 39.0 Å². The molecule has 0 atom stereocenters. The minimum atomic E-state index is 0.437. The highest BCUT2D eigenvalue weighted by atomic mass is 15.3. The van der Waals surface area contributed by atoms with Gasteiger partial charge in [0.2, 0.25) is 0 Å². The molecule has 1 aliphatic rings. The third-order valence-corrected chi connectivity index (χ3v) is 4.69. The quantitative estimate of drug-likeness (QED) is 0.797. The summed E-state index contributed by atoms with van der Waals surface area (Å²) in [6.45, 7) is 2.22.